The minimum Gasteiger partial charge on any atom is -0.465 e. The molecule has 0 amide bonds. The van der Waals surface area contributed by atoms with Crippen molar-refractivity contribution in [2.75, 3.05) is 33.5 Å². The summed E-state index contributed by atoms with van der Waals surface area (Å²) >= 11 is 0. The van der Waals surface area contributed by atoms with E-state index in [1.165, 1.54) is 71.3 Å². The minimum absolute atomic E-state index is 0.0271. The molecule has 0 unspecified atom stereocenters. The Labute approximate surface area is 246 Å². The summed E-state index contributed by atoms with van der Waals surface area (Å²) in [6.45, 7) is 4.22. The number of esters is 2. The van der Waals surface area contributed by atoms with Crippen LogP contribution in [0.3, 0.4) is 0 Å². The van der Waals surface area contributed by atoms with Gasteiger partial charge in [-0.05, 0) is 51.4 Å². The summed E-state index contributed by atoms with van der Waals surface area (Å²) in [4.78, 5) is 24.5. The summed E-state index contributed by atoms with van der Waals surface area (Å²) in [6, 6.07) is 0. The van der Waals surface area contributed by atoms with Gasteiger partial charge in [0.1, 0.15) is 13.2 Å². The number of hydrogen-bond acceptors (Lipinski definition) is 6. The van der Waals surface area contributed by atoms with Crippen molar-refractivity contribution in [3.63, 3.8) is 0 Å². The number of carbonyl (C=O) groups excluding carboxylic acids is 2. The lowest BCUT2D eigenvalue weighted by Crippen LogP contribution is -2.41. The molecule has 0 bridgehead atoms. The number of hydrogen-bond donors (Lipinski definition) is 1. The van der Waals surface area contributed by atoms with Crippen LogP contribution in [0, 0.1) is 5.41 Å². The van der Waals surface area contributed by atoms with Crippen LogP contribution in [0.1, 0.15) is 142 Å². The highest BCUT2D eigenvalue weighted by molar-refractivity contribution is 5.69. The maximum Gasteiger partial charge on any atom is 0.305 e. The Morgan fingerprint density at radius 3 is 1.32 bits per heavy atom. The van der Waals surface area contributed by atoms with Gasteiger partial charge in [0.25, 0.3) is 0 Å². The van der Waals surface area contributed by atoms with Crippen molar-refractivity contribution in [3.8, 4) is 0 Å². The molecule has 0 spiro atoms. The molecule has 0 aromatic heterocycles. The van der Waals surface area contributed by atoms with Crippen molar-refractivity contribution in [1.82, 2.24) is 0 Å². The maximum atomic E-state index is 12.3. The van der Waals surface area contributed by atoms with Gasteiger partial charge in [-0.2, -0.15) is 0 Å². The summed E-state index contributed by atoms with van der Waals surface area (Å²) in [5.74, 6) is -0.564. The Hall–Kier alpha value is -1.66. The van der Waals surface area contributed by atoms with Gasteiger partial charge in [-0.3, -0.25) is 9.59 Å². The predicted octanol–water partition coefficient (Wildman–Crippen LogP) is 8.65. The molecule has 0 heterocycles. The third kappa shape index (κ3) is 24.2. The SMILES string of the molecule is CCCC/C=C\CCCCCCCC(=O)OCC(CO)(COC)COC(=O)CCCCCCC/C=C\CCCC. The van der Waals surface area contributed by atoms with E-state index in [4.69, 9.17) is 14.2 Å². The van der Waals surface area contributed by atoms with Crippen LogP contribution in [-0.2, 0) is 23.8 Å². The Morgan fingerprint density at radius 2 is 0.950 bits per heavy atom. The molecule has 0 rings (SSSR count). The van der Waals surface area contributed by atoms with Crippen LogP contribution >= 0.6 is 0 Å². The highest BCUT2D eigenvalue weighted by atomic mass is 16.6. The summed E-state index contributed by atoms with van der Waals surface area (Å²) in [5.41, 5.74) is -0.935. The van der Waals surface area contributed by atoms with Crippen LogP contribution in [0.15, 0.2) is 24.3 Å². The molecule has 234 valence electrons. The Kier molecular flexibility index (Phi) is 27.7. The minimum atomic E-state index is -0.935. The van der Waals surface area contributed by atoms with Crippen molar-refractivity contribution < 1.29 is 28.9 Å². The van der Waals surface area contributed by atoms with E-state index in [1.807, 2.05) is 0 Å². The predicted molar refractivity (Wildman–Crippen MR) is 165 cm³/mol. The third-order valence-electron chi connectivity index (χ3n) is 7.15. The topological polar surface area (TPSA) is 82.1 Å². The Balaban J connectivity index is 4.03. The molecule has 0 aliphatic carbocycles. The molecule has 0 aliphatic heterocycles. The highest BCUT2D eigenvalue weighted by Crippen LogP contribution is 2.20. The number of carbonyl (C=O) groups is 2. The number of ether oxygens (including phenoxy) is 3. The van der Waals surface area contributed by atoms with Crippen LogP contribution in [0.5, 0.6) is 0 Å². The molecular weight excluding hydrogens is 504 g/mol. The molecule has 0 aliphatic rings. The maximum absolute atomic E-state index is 12.3. The quantitative estimate of drug-likeness (QED) is 0.0554. The lowest BCUT2D eigenvalue weighted by atomic mass is 9.92. The van der Waals surface area contributed by atoms with E-state index in [-0.39, 0.29) is 38.4 Å². The summed E-state index contributed by atoms with van der Waals surface area (Å²) in [5, 5.41) is 10.0. The number of aliphatic hydroxyl groups is 1. The molecule has 40 heavy (non-hydrogen) atoms. The molecule has 0 atom stereocenters. The smallest absolute Gasteiger partial charge is 0.305 e. The van der Waals surface area contributed by atoms with Crippen molar-refractivity contribution in [1.29, 1.82) is 0 Å². The number of methoxy groups -OCH3 is 1. The van der Waals surface area contributed by atoms with E-state index in [9.17, 15) is 14.7 Å². The Morgan fingerprint density at radius 1 is 0.575 bits per heavy atom. The van der Waals surface area contributed by atoms with E-state index in [0.29, 0.717) is 12.8 Å². The van der Waals surface area contributed by atoms with Crippen LogP contribution in [-0.4, -0.2) is 50.6 Å². The van der Waals surface area contributed by atoms with Gasteiger partial charge in [-0.1, -0.05) is 102 Å². The fourth-order valence-electron chi connectivity index (χ4n) is 4.42. The molecule has 0 radical (unpaired) electrons. The second-order valence-electron chi connectivity index (χ2n) is 11.3. The number of unbranched alkanes of at least 4 members (excludes halogenated alkanes) is 14. The van der Waals surface area contributed by atoms with E-state index < -0.39 is 5.41 Å². The van der Waals surface area contributed by atoms with Crippen molar-refractivity contribution in [3.05, 3.63) is 24.3 Å². The zero-order valence-corrected chi connectivity index (χ0v) is 26.3. The first-order valence-corrected chi connectivity index (χ1v) is 16.2. The number of allylic oxidation sites excluding steroid dienone is 4. The van der Waals surface area contributed by atoms with Crippen LogP contribution in [0.25, 0.3) is 0 Å². The molecule has 0 saturated heterocycles. The van der Waals surface area contributed by atoms with E-state index in [2.05, 4.69) is 38.2 Å². The fraction of sp³-hybridized carbons (Fsp3) is 0.824. The normalized spacial score (nSPS) is 12.0. The van der Waals surface area contributed by atoms with Gasteiger partial charge in [-0.15, -0.1) is 0 Å². The summed E-state index contributed by atoms with van der Waals surface area (Å²) in [7, 11) is 1.52. The van der Waals surface area contributed by atoms with Crippen molar-refractivity contribution in [2.24, 2.45) is 5.41 Å². The standard InChI is InChI=1S/C34H62O6/c1-4-6-8-10-12-14-16-18-20-22-24-26-32(36)39-30-34(28-35,29-38-3)31-40-33(37)27-25-23-21-19-17-15-13-11-9-7-5-2/h10-13,35H,4-9,14-31H2,1-3H3/b12-10-,13-11-. The van der Waals surface area contributed by atoms with Gasteiger partial charge in [0, 0.05) is 20.0 Å². The van der Waals surface area contributed by atoms with Gasteiger partial charge in [0.2, 0.25) is 0 Å². The summed E-state index contributed by atoms with van der Waals surface area (Å²) in [6.07, 6.45) is 30.1. The second-order valence-corrected chi connectivity index (χ2v) is 11.3. The summed E-state index contributed by atoms with van der Waals surface area (Å²) < 4.78 is 16.2. The van der Waals surface area contributed by atoms with Gasteiger partial charge in [0.05, 0.1) is 18.6 Å². The molecule has 0 aromatic carbocycles. The van der Waals surface area contributed by atoms with Crippen LogP contribution in [0.2, 0.25) is 0 Å². The molecule has 0 fully saturated rings. The molecule has 6 heteroatoms. The van der Waals surface area contributed by atoms with Crippen molar-refractivity contribution >= 4 is 11.9 Å². The fourth-order valence-corrected chi connectivity index (χ4v) is 4.42. The molecule has 0 aromatic rings. The van der Waals surface area contributed by atoms with Gasteiger partial charge in [-0.25, -0.2) is 0 Å². The van der Waals surface area contributed by atoms with Gasteiger partial charge >= 0.3 is 11.9 Å². The highest BCUT2D eigenvalue weighted by Gasteiger charge is 2.33. The van der Waals surface area contributed by atoms with E-state index >= 15 is 0 Å². The van der Waals surface area contributed by atoms with E-state index in [0.717, 1.165) is 51.4 Å². The molecule has 6 nitrogen and oxygen atoms in total. The average Bonchev–Trinajstić information content (AvgIpc) is 2.96. The first kappa shape index (κ1) is 38.3. The molecule has 1 N–H and O–H groups in total. The largest absolute Gasteiger partial charge is 0.465 e. The first-order valence-electron chi connectivity index (χ1n) is 16.2. The van der Waals surface area contributed by atoms with E-state index in [1.54, 1.807) is 0 Å². The average molecular weight is 567 g/mol. The third-order valence-corrected chi connectivity index (χ3v) is 7.15. The van der Waals surface area contributed by atoms with Crippen LogP contribution in [0.4, 0.5) is 0 Å². The zero-order chi connectivity index (χ0) is 29.6. The zero-order valence-electron chi connectivity index (χ0n) is 26.3. The Bertz CT molecular complexity index is 594. The number of rotatable bonds is 29. The van der Waals surface area contributed by atoms with Gasteiger partial charge < -0.3 is 19.3 Å². The number of aliphatic hydroxyl groups excluding tert-OH is 1. The first-order chi connectivity index (χ1) is 19.5. The van der Waals surface area contributed by atoms with Crippen molar-refractivity contribution in [2.45, 2.75) is 142 Å². The molecular formula is C34H62O6. The lowest BCUT2D eigenvalue weighted by molar-refractivity contribution is -0.160. The monoisotopic (exact) mass is 566 g/mol. The lowest BCUT2D eigenvalue weighted by Gasteiger charge is -2.29. The molecule has 0 saturated carbocycles. The second kappa shape index (κ2) is 28.9. The van der Waals surface area contributed by atoms with Gasteiger partial charge in [0.15, 0.2) is 0 Å². The van der Waals surface area contributed by atoms with Crippen LogP contribution < -0.4 is 0 Å².